The van der Waals surface area contributed by atoms with E-state index in [2.05, 4.69) is 34.9 Å². The number of aromatic nitrogens is 4. The number of amides is 1. The van der Waals surface area contributed by atoms with Crippen molar-refractivity contribution in [2.24, 2.45) is 0 Å². The van der Waals surface area contributed by atoms with E-state index < -0.39 is 0 Å². The second-order valence-corrected chi connectivity index (χ2v) is 10.7. The molecule has 5 rings (SSSR count). The molecule has 1 saturated heterocycles. The number of carbonyl (C=O) groups is 1. The number of thiazole rings is 1. The summed E-state index contributed by atoms with van der Waals surface area (Å²) in [5.41, 5.74) is 1.81. The zero-order valence-electron chi connectivity index (χ0n) is 20.6. The first-order chi connectivity index (χ1) is 17.7. The minimum Gasteiger partial charge on any atom is -0.477 e. The van der Waals surface area contributed by atoms with E-state index >= 15 is 0 Å². The van der Waals surface area contributed by atoms with Crippen molar-refractivity contribution in [2.75, 3.05) is 37.5 Å². The van der Waals surface area contributed by atoms with Gasteiger partial charge in [0.05, 0.1) is 23.9 Å². The Morgan fingerprint density at radius 2 is 1.97 bits per heavy atom. The number of likely N-dealkylation sites (tertiary alicyclic amines) is 1. The van der Waals surface area contributed by atoms with Crippen LogP contribution in [0.4, 0.5) is 5.69 Å². The van der Waals surface area contributed by atoms with E-state index in [1.165, 1.54) is 50.1 Å². The first-order valence-corrected chi connectivity index (χ1v) is 14.1. The molecule has 1 saturated carbocycles. The molecule has 0 radical (unpaired) electrons. The van der Waals surface area contributed by atoms with Crippen molar-refractivity contribution in [2.45, 2.75) is 44.3 Å². The normalized spacial score (nSPS) is 15.1. The molecule has 0 unspecified atom stereocenters. The van der Waals surface area contributed by atoms with Gasteiger partial charge in [0.1, 0.15) is 5.69 Å². The molecule has 0 bridgehead atoms. The van der Waals surface area contributed by atoms with Gasteiger partial charge in [-0.3, -0.25) is 14.8 Å². The molecule has 3 aromatic heterocycles. The zero-order valence-corrected chi connectivity index (χ0v) is 22.2. The lowest BCUT2D eigenvalue weighted by Crippen LogP contribution is -2.28. The molecule has 192 valence electrons. The van der Waals surface area contributed by atoms with Gasteiger partial charge in [0.15, 0.2) is 5.01 Å². The van der Waals surface area contributed by atoms with E-state index in [-0.39, 0.29) is 5.91 Å². The molecular weight excluding hydrogens is 494 g/mol. The summed E-state index contributed by atoms with van der Waals surface area (Å²) in [5, 5.41) is 4.24. The maximum atomic E-state index is 12.2. The molecular formula is C25H33N7O2S2. The Labute approximate surface area is 220 Å². The summed E-state index contributed by atoms with van der Waals surface area (Å²) in [5.74, 6) is 0.341. The molecule has 0 aromatic carbocycles. The van der Waals surface area contributed by atoms with Gasteiger partial charge in [0, 0.05) is 36.1 Å². The molecule has 4 heterocycles. The fourth-order valence-electron chi connectivity index (χ4n) is 3.53. The van der Waals surface area contributed by atoms with E-state index in [0.717, 1.165) is 28.8 Å². The lowest BCUT2D eigenvalue weighted by Gasteiger charge is -2.13. The highest BCUT2D eigenvalue weighted by molar-refractivity contribution is 8.01. The largest absolute Gasteiger partial charge is 0.477 e. The van der Waals surface area contributed by atoms with E-state index in [1.807, 2.05) is 31.0 Å². The van der Waals surface area contributed by atoms with Crippen LogP contribution in [0, 0.1) is 0 Å². The fraction of sp³-hybridized carbons (Fsp3) is 0.480. The Bertz CT molecular complexity index is 1070. The second-order valence-electron chi connectivity index (χ2n) is 8.52. The third-order valence-electron chi connectivity index (χ3n) is 5.54. The van der Waals surface area contributed by atoms with Gasteiger partial charge in [-0.2, -0.15) is 0 Å². The summed E-state index contributed by atoms with van der Waals surface area (Å²) < 4.78 is 8.64. The minimum absolute atomic E-state index is 0.133. The van der Waals surface area contributed by atoms with Gasteiger partial charge in [-0.15, -0.1) is 11.3 Å². The quantitative estimate of drug-likeness (QED) is 0.275. The lowest BCUT2D eigenvalue weighted by atomic mass is 10.4. The third-order valence-corrected chi connectivity index (χ3v) is 7.72. The molecule has 2 fully saturated rings. The molecule has 1 amide bonds. The van der Waals surface area contributed by atoms with Crippen LogP contribution >= 0.6 is 23.3 Å². The van der Waals surface area contributed by atoms with Crippen molar-refractivity contribution in [3.8, 4) is 16.5 Å². The fourth-order valence-corrected chi connectivity index (χ4v) is 5.12. The Morgan fingerprint density at radius 1 is 1.17 bits per heavy atom. The monoisotopic (exact) mass is 527 g/mol. The van der Waals surface area contributed by atoms with Crippen molar-refractivity contribution in [1.82, 2.24) is 30.2 Å². The first-order valence-electron chi connectivity index (χ1n) is 12.4. The van der Waals surface area contributed by atoms with Gasteiger partial charge in [-0.1, -0.05) is 0 Å². The number of nitrogens with zero attached hydrogens (tertiary/aromatic N) is 5. The third kappa shape index (κ3) is 8.72. The van der Waals surface area contributed by atoms with Crippen molar-refractivity contribution < 1.29 is 9.53 Å². The van der Waals surface area contributed by atoms with Crippen molar-refractivity contribution in [1.29, 1.82) is 0 Å². The van der Waals surface area contributed by atoms with Crippen LogP contribution in [0.5, 0.6) is 5.88 Å². The van der Waals surface area contributed by atoms with Gasteiger partial charge in [0.2, 0.25) is 5.88 Å². The second kappa shape index (κ2) is 14.1. The Hall–Kier alpha value is -2.76. The van der Waals surface area contributed by atoms with Crippen LogP contribution < -0.4 is 14.8 Å². The Balaban J connectivity index is 0.000000229. The molecule has 9 nitrogen and oxygen atoms in total. The summed E-state index contributed by atoms with van der Waals surface area (Å²) >= 11 is 3.13. The van der Waals surface area contributed by atoms with Crippen LogP contribution in [0.2, 0.25) is 0 Å². The number of ether oxygens (including phenoxy) is 1. The number of pyridine rings is 1. The van der Waals surface area contributed by atoms with Crippen LogP contribution in [-0.4, -0.2) is 68.8 Å². The van der Waals surface area contributed by atoms with Gasteiger partial charge in [-0.25, -0.2) is 9.97 Å². The van der Waals surface area contributed by atoms with Crippen LogP contribution in [0.15, 0.2) is 43.1 Å². The molecule has 36 heavy (non-hydrogen) atoms. The zero-order chi connectivity index (χ0) is 25.0. The van der Waals surface area contributed by atoms with E-state index in [9.17, 15) is 4.79 Å². The molecule has 2 aliphatic rings. The number of hydrogen-bond acceptors (Lipinski definition) is 10. The summed E-state index contributed by atoms with van der Waals surface area (Å²) in [6, 6.07) is 3.96. The Morgan fingerprint density at radius 3 is 2.72 bits per heavy atom. The van der Waals surface area contributed by atoms with Crippen LogP contribution in [0.25, 0.3) is 10.6 Å². The molecule has 0 spiro atoms. The minimum atomic E-state index is -0.133. The summed E-state index contributed by atoms with van der Waals surface area (Å²) in [6.07, 6.45) is 14.8. The van der Waals surface area contributed by atoms with E-state index in [1.54, 1.807) is 31.0 Å². The van der Waals surface area contributed by atoms with Crippen molar-refractivity contribution >= 4 is 34.9 Å². The summed E-state index contributed by atoms with van der Waals surface area (Å²) in [7, 11) is 0. The summed E-state index contributed by atoms with van der Waals surface area (Å²) in [4.78, 5) is 32.1. The lowest BCUT2D eigenvalue weighted by molar-refractivity contribution is 0.0951. The average molecular weight is 528 g/mol. The predicted octanol–water partition coefficient (Wildman–Crippen LogP) is 4.52. The van der Waals surface area contributed by atoms with E-state index in [0.29, 0.717) is 29.7 Å². The highest BCUT2D eigenvalue weighted by Crippen LogP contribution is 2.34. The number of hydrogen-bond donors (Lipinski definition) is 2. The first kappa shape index (κ1) is 26.3. The molecule has 2 N–H and O–H groups in total. The van der Waals surface area contributed by atoms with Gasteiger partial charge in [0.25, 0.3) is 5.91 Å². The average Bonchev–Trinajstić information content (AvgIpc) is 3.36. The van der Waals surface area contributed by atoms with Gasteiger partial charge in [-0.05, 0) is 82.7 Å². The highest BCUT2D eigenvalue weighted by atomic mass is 32.2. The summed E-state index contributed by atoms with van der Waals surface area (Å²) in [6.45, 7) is 6.52. The number of carbonyl (C=O) groups excluding carboxylic acids is 1. The maximum Gasteiger partial charge on any atom is 0.280 e. The van der Waals surface area contributed by atoms with Crippen molar-refractivity contribution in [3.05, 3.63) is 48.1 Å². The van der Waals surface area contributed by atoms with Crippen LogP contribution in [0.3, 0.4) is 0 Å². The molecule has 0 atom stereocenters. The van der Waals surface area contributed by atoms with Crippen LogP contribution in [0.1, 0.15) is 48.8 Å². The molecule has 3 aromatic rings. The van der Waals surface area contributed by atoms with Crippen molar-refractivity contribution in [3.63, 3.8) is 0 Å². The Kier molecular flexibility index (Phi) is 10.3. The number of anilines is 1. The van der Waals surface area contributed by atoms with Gasteiger partial charge >= 0.3 is 0 Å². The van der Waals surface area contributed by atoms with E-state index in [4.69, 9.17) is 4.74 Å². The van der Waals surface area contributed by atoms with Gasteiger partial charge < -0.3 is 19.7 Å². The molecule has 1 aliphatic heterocycles. The van der Waals surface area contributed by atoms with Crippen LogP contribution in [-0.2, 0) is 0 Å². The molecule has 11 heteroatoms. The number of rotatable bonds is 11. The SMILES string of the molecule is CCOc1cncc(-c2cnc(C(=O)NCCCN3CCCC3)s2)n1.c1cc(NSC2CC2)ccn1. The maximum absolute atomic E-state index is 12.2. The predicted molar refractivity (Wildman–Crippen MR) is 145 cm³/mol. The highest BCUT2D eigenvalue weighted by Gasteiger charge is 2.21. The standard InChI is InChI=1S/C17H23N5O2S.C8H10N2S/c1-2-24-15-12-18-10-13(21-15)14-11-20-17(25-14)16(23)19-6-5-9-22-7-3-4-8-22;1-2-8(1)11-10-7-3-5-9-6-4-7/h10-12H,2-9H2,1H3,(H,19,23);3-6,8H,1-2H2,(H,9,10). The smallest absolute Gasteiger partial charge is 0.280 e. The number of nitrogens with one attached hydrogen (secondary N) is 2. The topological polar surface area (TPSA) is 105 Å². The molecule has 1 aliphatic carbocycles.